The lowest BCUT2D eigenvalue weighted by atomic mass is 10.2. The van der Waals surface area contributed by atoms with Crippen molar-refractivity contribution in [2.45, 2.75) is 0 Å². The molecule has 0 spiro atoms. The Hall–Kier alpha value is -2.71. The van der Waals surface area contributed by atoms with Crippen molar-refractivity contribution in [2.24, 2.45) is 0 Å². The number of aliphatic hydroxyl groups excluding tert-OH is 1. The Labute approximate surface area is 141 Å². The first-order chi connectivity index (χ1) is 11.7. The first-order valence-electron chi connectivity index (χ1n) is 7.37. The van der Waals surface area contributed by atoms with Gasteiger partial charge in [0.15, 0.2) is 5.13 Å². The van der Waals surface area contributed by atoms with Gasteiger partial charge < -0.3 is 20.3 Å². The summed E-state index contributed by atoms with van der Waals surface area (Å²) in [5.74, 6) is -0.668. The van der Waals surface area contributed by atoms with Gasteiger partial charge in [0.25, 0.3) is 5.91 Å². The first kappa shape index (κ1) is 16.2. The highest BCUT2D eigenvalue weighted by atomic mass is 32.1. The molecule has 0 fully saturated rings. The van der Waals surface area contributed by atoms with Crippen LogP contribution in [0.5, 0.6) is 0 Å². The molecule has 0 aliphatic carbocycles. The van der Waals surface area contributed by atoms with Gasteiger partial charge in [0.2, 0.25) is 5.91 Å². The summed E-state index contributed by atoms with van der Waals surface area (Å²) in [5.41, 5.74) is 1.29. The van der Waals surface area contributed by atoms with Gasteiger partial charge in [0.05, 0.1) is 23.4 Å². The van der Waals surface area contributed by atoms with Crippen LogP contribution in [0.1, 0.15) is 10.4 Å². The van der Waals surface area contributed by atoms with Crippen molar-refractivity contribution in [1.82, 2.24) is 20.2 Å². The van der Waals surface area contributed by atoms with E-state index in [9.17, 15) is 9.59 Å². The molecule has 8 heteroatoms. The monoisotopic (exact) mass is 344 g/mol. The smallest absolute Gasteiger partial charge is 0.251 e. The molecule has 2 amide bonds. The molecule has 2 heterocycles. The minimum atomic E-state index is -0.342. The average molecular weight is 344 g/mol. The molecule has 0 atom stereocenters. The quantitative estimate of drug-likeness (QED) is 0.620. The van der Waals surface area contributed by atoms with Gasteiger partial charge in [0, 0.05) is 24.5 Å². The maximum absolute atomic E-state index is 12.1. The van der Waals surface area contributed by atoms with Crippen molar-refractivity contribution >= 4 is 33.4 Å². The molecule has 0 saturated heterocycles. The van der Waals surface area contributed by atoms with Gasteiger partial charge in [-0.05, 0) is 30.3 Å². The highest BCUT2D eigenvalue weighted by Gasteiger charge is 2.11. The summed E-state index contributed by atoms with van der Waals surface area (Å²) < 4.78 is 2.81. The Balaban J connectivity index is 1.71. The van der Waals surface area contributed by atoms with Crippen LogP contribution in [0.4, 0.5) is 0 Å². The van der Waals surface area contributed by atoms with Gasteiger partial charge >= 0.3 is 0 Å². The number of nitrogens with zero attached hydrogens (tertiary/aromatic N) is 2. The fraction of sp³-hybridized carbons (Fsp3) is 0.188. The van der Waals surface area contributed by atoms with E-state index in [1.807, 2.05) is 29.1 Å². The number of aliphatic hydroxyl groups is 1. The Morgan fingerprint density at radius 2 is 2.00 bits per heavy atom. The molecule has 0 bridgehead atoms. The van der Waals surface area contributed by atoms with Crippen molar-refractivity contribution < 1.29 is 14.7 Å². The van der Waals surface area contributed by atoms with Crippen LogP contribution in [0.15, 0.2) is 42.7 Å². The fourth-order valence-electron chi connectivity index (χ4n) is 2.15. The number of nitrogens with one attached hydrogen (secondary N) is 2. The predicted octanol–water partition coefficient (Wildman–Crippen LogP) is 0.925. The van der Waals surface area contributed by atoms with Crippen molar-refractivity contribution in [3.8, 4) is 5.13 Å². The van der Waals surface area contributed by atoms with E-state index in [0.717, 1.165) is 15.3 Å². The summed E-state index contributed by atoms with van der Waals surface area (Å²) in [6, 6.07) is 9.09. The minimum Gasteiger partial charge on any atom is -0.395 e. The molecular formula is C16H16N4O3S. The van der Waals surface area contributed by atoms with Gasteiger partial charge in [-0.25, -0.2) is 4.98 Å². The number of thiazole rings is 1. The number of rotatable bonds is 6. The molecule has 2 aromatic heterocycles. The third-order valence-electron chi connectivity index (χ3n) is 3.31. The summed E-state index contributed by atoms with van der Waals surface area (Å²) in [4.78, 5) is 28.1. The third-order valence-corrected chi connectivity index (χ3v) is 4.34. The molecule has 124 valence electrons. The number of hydrogen-bond acceptors (Lipinski definition) is 5. The number of carbonyl (C=O) groups is 2. The molecular weight excluding hydrogens is 328 g/mol. The zero-order chi connectivity index (χ0) is 16.9. The largest absolute Gasteiger partial charge is 0.395 e. The van der Waals surface area contributed by atoms with E-state index >= 15 is 0 Å². The highest BCUT2D eigenvalue weighted by molar-refractivity contribution is 7.20. The van der Waals surface area contributed by atoms with Crippen LogP contribution in [-0.4, -0.2) is 46.2 Å². The SMILES string of the molecule is O=C(CNC(=O)c1ccc2nc(-n3cccc3)sc2c1)NCCO. The molecule has 3 aromatic rings. The highest BCUT2D eigenvalue weighted by Crippen LogP contribution is 2.25. The Morgan fingerprint density at radius 3 is 2.75 bits per heavy atom. The summed E-state index contributed by atoms with van der Waals surface area (Å²) >= 11 is 1.49. The summed E-state index contributed by atoms with van der Waals surface area (Å²) in [6.45, 7) is -0.0939. The van der Waals surface area contributed by atoms with Gasteiger partial charge in [-0.1, -0.05) is 11.3 Å². The number of benzene rings is 1. The number of aromatic nitrogens is 2. The number of hydrogen-bond donors (Lipinski definition) is 3. The van der Waals surface area contributed by atoms with Gasteiger partial charge in [-0.3, -0.25) is 9.59 Å². The lowest BCUT2D eigenvalue weighted by Gasteiger charge is -2.05. The van der Waals surface area contributed by atoms with Crippen molar-refractivity contribution in [3.63, 3.8) is 0 Å². The zero-order valence-electron chi connectivity index (χ0n) is 12.7. The van der Waals surface area contributed by atoms with Crippen LogP contribution in [0.2, 0.25) is 0 Å². The maximum Gasteiger partial charge on any atom is 0.251 e. The lowest BCUT2D eigenvalue weighted by molar-refractivity contribution is -0.120. The normalized spacial score (nSPS) is 10.7. The minimum absolute atomic E-state index is 0.131. The second-order valence-electron chi connectivity index (χ2n) is 5.03. The first-order valence-corrected chi connectivity index (χ1v) is 8.19. The summed E-state index contributed by atoms with van der Waals surface area (Å²) in [6.07, 6.45) is 3.83. The van der Waals surface area contributed by atoms with E-state index < -0.39 is 0 Å². The van der Waals surface area contributed by atoms with E-state index in [-0.39, 0.29) is 31.5 Å². The van der Waals surface area contributed by atoms with E-state index in [2.05, 4.69) is 15.6 Å². The second kappa shape index (κ2) is 7.24. The second-order valence-corrected chi connectivity index (χ2v) is 6.03. The molecule has 1 aromatic carbocycles. The maximum atomic E-state index is 12.1. The average Bonchev–Trinajstić information content (AvgIpc) is 3.25. The number of amides is 2. The van der Waals surface area contributed by atoms with E-state index in [0.29, 0.717) is 5.56 Å². The van der Waals surface area contributed by atoms with Crippen LogP contribution in [0.3, 0.4) is 0 Å². The van der Waals surface area contributed by atoms with Crippen LogP contribution in [0, 0.1) is 0 Å². The van der Waals surface area contributed by atoms with Crippen LogP contribution in [-0.2, 0) is 4.79 Å². The molecule has 7 nitrogen and oxygen atoms in total. The van der Waals surface area contributed by atoms with Crippen molar-refractivity contribution in [3.05, 3.63) is 48.3 Å². The number of carbonyl (C=O) groups excluding carboxylic acids is 2. The lowest BCUT2D eigenvalue weighted by Crippen LogP contribution is -2.37. The van der Waals surface area contributed by atoms with Crippen LogP contribution < -0.4 is 10.6 Å². The topological polar surface area (TPSA) is 96.2 Å². The third kappa shape index (κ3) is 3.61. The van der Waals surface area contributed by atoms with E-state index in [4.69, 9.17) is 5.11 Å². The van der Waals surface area contributed by atoms with Crippen LogP contribution >= 0.6 is 11.3 Å². The van der Waals surface area contributed by atoms with Gasteiger partial charge in [-0.2, -0.15) is 0 Å². The van der Waals surface area contributed by atoms with Gasteiger partial charge in [0.1, 0.15) is 0 Å². The molecule has 0 aliphatic rings. The molecule has 3 rings (SSSR count). The molecule has 0 saturated carbocycles. The Morgan fingerprint density at radius 1 is 1.21 bits per heavy atom. The van der Waals surface area contributed by atoms with Crippen molar-refractivity contribution in [2.75, 3.05) is 19.7 Å². The molecule has 0 radical (unpaired) electrons. The molecule has 0 unspecified atom stereocenters. The zero-order valence-corrected chi connectivity index (χ0v) is 13.5. The Bertz CT molecular complexity index is 857. The summed E-state index contributed by atoms with van der Waals surface area (Å²) in [5, 5.41) is 14.5. The Kier molecular flexibility index (Phi) is 4.88. The fourth-order valence-corrected chi connectivity index (χ4v) is 3.12. The van der Waals surface area contributed by atoms with Crippen molar-refractivity contribution in [1.29, 1.82) is 0 Å². The summed E-state index contributed by atoms with van der Waals surface area (Å²) in [7, 11) is 0. The predicted molar refractivity (Wildman–Crippen MR) is 91.4 cm³/mol. The van der Waals surface area contributed by atoms with Crippen LogP contribution in [0.25, 0.3) is 15.3 Å². The number of fused-ring (bicyclic) bond motifs is 1. The molecule has 3 N–H and O–H groups in total. The van der Waals surface area contributed by atoms with Gasteiger partial charge in [-0.15, -0.1) is 0 Å². The van der Waals surface area contributed by atoms with E-state index in [1.54, 1.807) is 18.2 Å². The van der Waals surface area contributed by atoms with E-state index in [1.165, 1.54) is 11.3 Å². The molecule has 24 heavy (non-hydrogen) atoms. The molecule has 0 aliphatic heterocycles. The standard InChI is InChI=1S/C16H16N4O3S/c21-8-5-17-14(22)10-18-15(23)11-3-4-12-13(9-11)24-16(19-12)20-6-1-2-7-20/h1-4,6-7,9,21H,5,8,10H2,(H,17,22)(H,18,23).